The quantitative estimate of drug-likeness (QED) is 0.841. The number of nitrogens with zero attached hydrogens (tertiary/aromatic N) is 1. The van der Waals surface area contributed by atoms with Gasteiger partial charge in [0.1, 0.15) is 0 Å². The first-order valence-electron chi connectivity index (χ1n) is 8.31. The lowest BCUT2D eigenvalue weighted by Crippen LogP contribution is -2.48. The van der Waals surface area contributed by atoms with Gasteiger partial charge < -0.3 is 14.6 Å². The zero-order chi connectivity index (χ0) is 15.9. The van der Waals surface area contributed by atoms with Crippen molar-refractivity contribution in [1.82, 2.24) is 4.90 Å². The molecule has 0 spiro atoms. The van der Waals surface area contributed by atoms with Crippen LogP contribution in [0.5, 0.6) is 0 Å². The highest BCUT2D eigenvalue weighted by Gasteiger charge is 2.24. The van der Waals surface area contributed by atoms with E-state index < -0.39 is 6.10 Å². The number of benzene rings is 1. The van der Waals surface area contributed by atoms with Crippen LogP contribution in [-0.4, -0.2) is 54.6 Å². The molecule has 0 aromatic heterocycles. The molecule has 1 fully saturated rings. The van der Waals surface area contributed by atoms with Crippen LogP contribution >= 0.6 is 0 Å². The first-order valence-corrected chi connectivity index (χ1v) is 8.31. The summed E-state index contributed by atoms with van der Waals surface area (Å²) < 4.78 is 11.6. The van der Waals surface area contributed by atoms with Gasteiger partial charge in [0, 0.05) is 19.6 Å². The standard InChI is InChI=1S/C18H29NO3/c1-4-18(16-8-6-5-7-9-16)21-13-17(20)12-19-10-14(2)22-15(3)11-19/h5-9,14-15,17-18,20H,4,10-13H2,1-3H3/t14-,15+,17-,18-/m1/s1. The van der Waals surface area contributed by atoms with E-state index in [0.29, 0.717) is 13.2 Å². The summed E-state index contributed by atoms with van der Waals surface area (Å²) in [7, 11) is 0. The van der Waals surface area contributed by atoms with Crippen LogP contribution in [0.25, 0.3) is 0 Å². The Morgan fingerprint density at radius 2 is 1.86 bits per heavy atom. The third kappa shape index (κ3) is 5.36. The Morgan fingerprint density at radius 3 is 2.45 bits per heavy atom. The van der Waals surface area contributed by atoms with Gasteiger partial charge in [0.2, 0.25) is 0 Å². The van der Waals surface area contributed by atoms with E-state index in [1.807, 2.05) is 18.2 Å². The topological polar surface area (TPSA) is 41.9 Å². The third-order valence-corrected chi connectivity index (χ3v) is 4.00. The number of morpholine rings is 1. The lowest BCUT2D eigenvalue weighted by Gasteiger charge is -2.36. The molecule has 0 saturated carbocycles. The van der Waals surface area contributed by atoms with Gasteiger partial charge in [-0.05, 0) is 25.8 Å². The molecule has 1 aromatic carbocycles. The van der Waals surface area contributed by atoms with Crippen LogP contribution in [0, 0.1) is 0 Å². The van der Waals surface area contributed by atoms with E-state index in [2.05, 4.69) is 37.8 Å². The fourth-order valence-electron chi connectivity index (χ4n) is 3.13. The molecule has 4 nitrogen and oxygen atoms in total. The Hall–Kier alpha value is -0.940. The number of aliphatic hydroxyl groups excluding tert-OH is 1. The molecule has 0 amide bonds. The van der Waals surface area contributed by atoms with Crippen molar-refractivity contribution in [2.75, 3.05) is 26.2 Å². The van der Waals surface area contributed by atoms with E-state index in [4.69, 9.17) is 9.47 Å². The van der Waals surface area contributed by atoms with Crippen molar-refractivity contribution < 1.29 is 14.6 Å². The zero-order valence-electron chi connectivity index (χ0n) is 13.9. The molecule has 1 N–H and O–H groups in total. The zero-order valence-corrected chi connectivity index (χ0v) is 13.9. The first kappa shape index (κ1) is 17.4. The molecule has 4 atom stereocenters. The molecule has 124 valence electrons. The Morgan fingerprint density at radius 1 is 1.23 bits per heavy atom. The second-order valence-electron chi connectivity index (χ2n) is 6.27. The van der Waals surface area contributed by atoms with Crippen molar-refractivity contribution in [3.05, 3.63) is 35.9 Å². The lowest BCUT2D eigenvalue weighted by atomic mass is 10.1. The summed E-state index contributed by atoms with van der Waals surface area (Å²) in [6, 6.07) is 10.2. The van der Waals surface area contributed by atoms with Crippen LogP contribution in [-0.2, 0) is 9.47 Å². The molecule has 0 unspecified atom stereocenters. The molecule has 1 aromatic rings. The van der Waals surface area contributed by atoms with Crippen molar-refractivity contribution in [3.8, 4) is 0 Å². The molecule has 1 saturated heterocycles. The van der Waals surface area contributed by atoms with Crippen LogP contribution in [0.15, 0.2) is 30.3 Å². The summed E-state index contributed by atoms with van der Waals surface area (Å²) in [4.78, 5) is 2.26. The minimum absolute atomic E-state index is 0.0541. The highest BCUT2D eigenvalue weighted by molar-refractivity contribution is 5.17. The lowest BCUT2D eigenvalue weighted by molar-refractivity contribution is -0.0861. The monoisotopic (exact) mass is 307 g/mol. The predicted octanol–water partition coefficient (Wildman–Crippen LogP) is 2.62. The van der Waals surface area contributed by atoms with Gasteiger partial charge in [-0.25, -0.2) is 0 Å². The van der Waals surface area contributed by atoms with Gasteiger partial charge >= 0.3 is 0 Å². The number of β-amino-alcohol motifs (C(OH)–C–C–N with tert-alkyl or cyclic N) is 1. The second kappa shape index (κ2) is 8.63. The van der Waals surface area contributed by atoms with Gasteiger partial charge in [-0.3, -0.25) is 4.90 Å². The van der Waals surface area contributed by atoms with Crippen LogP contribution in [0.1, 0.15) is 38.9 Å². The van der Waals surface area contributed by atoms with Crippen LogP contribution in [0.3, 0.4) is 0 Å². The number of rotatable bonds is 7. The highest BCUT2D eigenvalue weighted by Crippen LogP contribution is 2.21. The van der Waals surface area contributed by atoms with Gasteiger partial charge in [-0.15, -0.1) is 0 Å². The molecule has 4 heteroatoms. The Bertz CT molecular complexity index is 416. The van der Waals surface area contributed by atoms with Crippen LogP contribution < -0.4 is 0 Å². The van der Waals surface area contributed by atoms with E-state index in [1.165, 1.54) is 5.56 Å². The molecular formula is C18H29NO3. The molecule has 1 aliphatic rings. The fraction of sp³-hybridized carbons (Fsp3) is 0.667. The van der Waals surface area contributed by atoms with Crippen LogP contribution in [0.2, 0.25) is 0 Å². The molecule has 1 heterocycles. The average molecular weight is 307 g/mol. The van der Waals surface area contributed by atoms with E-state index in [9.17, 15) is 5.11 Å². The maximum atomic E-state index is 10.3. The van der Waals surface area contributed by atoms with Crippen LogP contribution in [0.4, 0.5) is 0 Å². The molecule has 0 radical (unpaired) electrons. The Labute approximate surface area is 134 Å². The van der Waals surface area contributed by atoms with Gasteiger partial charge in [0.15, 0.2) is 0 Å². The van der Waals surface area contributed by atoms with Crippen molar-refractivity contribution in [2.45, 2.75) is 51.6 Å². The fourth-order valence-corrected chi connectivity index (χ4v) is 3.13. The normalized spacial score (nSPS) is 25.8. The number of ether oxygens (including phenoxy) is 2. The largest absolute Gasteiger partial charge is 0.389 e. The van der Waals surface area contributed by atoms with Gasteiger partial charge in [0.05, 0.1) is 31.0 Å². The Balaban J connectivity index is 1.78. The van der Waals surface area contributed by atoms with Gasteiger partial charge in [-0.1, -0.05) is 37.3 Å². The van der Waals surface area contributed by atoms with Crippen molar-refractivity contribution in [3.63, 3.8) is 0 Å². The summed E-state index contributed by atoms with van der Waals surface area (Å²) in [6.45, 7) is 9.02. The molecule has 0 bridgehead atoms. The summed E-state index contributed by atoms with van der Waals surface area (Å²) in [5.74, 6) is 0. The van der Waals surface area contributed by atoms with E-state index in [0.717, 1.165) is 19.5 Å². The minimum Gasteiger partial charge on any atom is -0.389 e. The maximum absolute atomic E-state index is 10.3. The molecule has 1 aliphatic heterocycles. The second-order valence-corrected chi connectivity index (χ2v) is 6.27. The smallest absolute Gasteiger partial charge is 0.0900 e. The minimum atomic E-state index is -0.463. The molecule has 22 heavy (non-hydrogen) atoms. The van der Waals surface area contributed by atoms with E-state index in [-0.39, 0.29) is 18.3 Å². The summed E-state index contributed by atoms with van der Waals surface area (Å²) in [5, 5.41) is 10.3. The number of hydrogen-bond donors (Lipinski definition) is 1. The highest BCUT2D eigenvalue weighted by atomic mass is 16.5. The summed E-state index contributed by atoms with van der Waals surface area (Å²) in [6.07, 6.45) is 0.949. The predicted molar refractivity (Wildman–Crippen MR) is 87.9 cm³/mol. The number of hydrogen-bond acceptors (Lipinski definition) is 4. The third-order valence-electron chi connectivity index (χ3n) is 4.00. The summed E-state index contributed by atoms with van der Waals surface area (Å²) >= 11 is 0. The molecule has 2 rings (SSSR count). The summed E-state index contributed by atoms with van der Waals surface area (Å²) in [5.41, 5.74) is 1.17. The average Bonchev–Trinajstić information content (AvgIpc) is 2.48. The van der Waals surface area contributed by atoms with Crippen molar-refractivity contribution in [1.29, 1.82) is 0 Å². The van der Waals surface area contributed by atoms with E-state index in [1.54, 1.807) is 0 Å². The van der Waals surface area contributed by atoms with Gasteiger partial charge in [-0.2, -0.15) is 0 Å². The molecule has 0 aliphatic carbocycles. The van der Waals surface area contributed by atoms with Crippen molar-refractivity contribution in [2.24, 2.45) is 0 Å². The van der Waals surface area contributed by atoms with Crippen molar-refractivity contribution >= 4 is 0 Å². The van der Waals surface area contributed by atoms with E-state index >= 15 is 0 Å². The maximum Gasteiger partial charge on any atom is 0.0900 e. The Kier molecular flexibility index (Phi) is 6.83. The number of aliphatic hydroxyl groups is 1. The molecular weight excluding hydrogens is 278 g/mol. The van der Waals surface area contributed by atoms with Gasteiger partial charge in [0.25, 0.3) is 0 Å². The SMILES string of the molecule is CC[C@@H](OC[C@H](O)CN1C[C@@H](C)O[C@@H](C)C1)c1ccccc1. The first-order chi connectivity index (χ1) is 10.6.